The van der Waals surface area contributed by atoms with Gasteiger partial charge in [0.2, 0.25) is 5.91 Å². The van der Waals surface area contributed by atoms with Crippen molar-refractivity contribution in [3.8, 4) is 0 Å². The molecule has 0 radical (unpaired) electrons. The quantitative estimate of drug-likeness (QED) is 0.822. The van der Waals surface area contributed by atoms with Gasteiger partial charge in [0.15, 0.2) is 0 Å². The number of carbonyl (C=O) groups is 2. The Morgan fingerprint density at radius 2 is 2.11 bits per heavy atom. The van der Waals surface area contributed by atoms with Gasteiger partial charge in [-0.1, -0.05) is 20.3 Å². The maximum Gasteiger partial charge on any atom is 0.352 e. The van der Waals surface area contributed by atoms with E-state index in [1.165, 1.54) is 10.6 Å². The van der Waals surface area contributed by atoms with Gasteiger partial charge in [-0.2, -0.15) is 0 Å². The fraction of sp³-hybridized carbons (Fsp3) is 0.571. The van der Waals surface area contributed by atoms with Crippen molar-refractivity contribution in [3.05, 3.63) is 24.0 Å². The normalized spacial score (nSPS) is 12.2. The first kappa shape index (κ1) is 15.3. The van der Waals surface area contributed by atoms with Gasteiger partial charge < -0.3 is 14.6 Å². The van der Waals surface area contributed by atoms with Crippen molar-refractivity contribution in [3.63, 3.8) is 0 Å². The molecule has 0 aliphatic carbocycles. The highest BCUT2D eigenvalue weighted by Gasteiger charge is 2.17. The number of carboxylic acid groups (broad SMARTS) is 1. The van der Waals surface area contributed by atoms with Crippen molar-refractivity contribution in [1.82, 2.24) is 9.47 Å². The maximum atomic E-state index is 12.2. The molecule has 0 fully saturated rings. The number of carbonyl (C=O) groups excluding carboxylic acids is 1. The van der Waals surface area contributed by atoms with Gasteiger partial charge in [0, 0.05) is 19.3 Å². The maximum absolute atomic E-state index is 12.2. The van der Waals surface area contributed by atoms with Crippen molar-refractivity contribution in [2.24, 2.45) is 5.92 Å². The average molecular weight is 266 g/mol. The van der Waals surface area contributed by atoms with Gasteiger partial charge in [-0.25, -0.2) is 4.79 Å². The summed E-state index contributed by atoms with van der Waals surface area (Å²) in [5, 5.41) is 9.00. The van der Waals surface area contributed by atoms with Crippen LogP contribution in [0.1, 0.15) is 37.7 Å². The van der Waals surface area contributed by atoms with E-state index in [2.05, 4.69) is 13.8 Å². The molecule has 19 heavy (non-hydrogen) atoms. The van der Waals surface area contributed by atoms with Crippen LogP contribution < -0.4 is 0 Å². The Kier molecular flexibility index (Phi) is 5.60. The first-order valence-electron chi connectivity index (χ1n) is 6.65. The molecule has 1 N–H and O–H groups in total. The monoisotopic (exact) mass is 266 g/mol. The van der Waals surface area contributed by atoms with Gasteiger partial charge in [-0.15, -0.1) is 0 Å². The molecule has 106 valence electrons. The van der Waals surface area contributed by atoms with Crippen molar-refractivity contribution >= 4 is 11.9 Å². The van der Waals surface area contributed by atoms with Crippen LogP contribution in [-0.4, -0.2) is 39.5 Å². The van der Waals surface area contributed by atoms with Crippen molar-refractivity contribution in [1.29, 1.82) is 0 Å². The van der Waals surface area contributed by atoms with E-state index in [0.717, 1.165) is 13.0 Å². The van der Waals surface area contributed by atoms with Crippen LogP contribution in [0.25, 0.3) is 0 Å². The summed E-state index contributed by atoms with van der Waals surface area (Å²) >= 11 is 0. The number of amides is 1. The van der Waals surface area contributed by atoms with E-state index in [4.69, 9.17) is 5.11 Å². The smallest absolute Gasteiger partial charge is 0.352 e. The van der Waals surface area contributed by atoms with Gasteiger partial charge in [0.05, 0.1) is 0 Å². The lowest BCUT2D eigenvalue weighted by atomic mass is 10.1. The molecule has 1 aromatic rings. The molecule has 1 aromatic heterocycles. The van der Waals surface area contributed by atoms with E-state index in [9.17, 15) is 9.59 Å². The molecule has 0 saturated carbocycles. The number of likely N-dealkylation sites (N-methyl/N-ethyl adjacent to an activating group) is 1. The number of aromatic nitrogens is 1. The molecule has 5 heteroatoms. The van der Waals surface area contributed by atoms with Gasteiger partial charge in [0.1, 0.15) is 12.2 Å². The molecule has 0 spiro atoms. The second kappa shape index (κ2) is 6.97. The lowest BCUT2D eigenvalue weighted by molar-refractivity contribution is -0.132. The molecule has 0 aromatic carbocycles. The number of hydrogen-bond acceptors (Lipinski definition) is 2. The third-order valence-electron chi connectivity index (χ3n) is 3.32. The van der Waals surface area contributed by atoms with Gasteiger partial charge in [0.25, 0.3) is 0 Å². The van der Waals surface area contributed by atoms with Crippen LogP contribution in [0.15, 0.2) is 18.3 Å². The lowest BCUT2D eigenvalue weighted by Crippen LogP contribution is -2.37. The Hall–Kier alpha value is -1.78. The summed E-state index contributed by atoms with van der Waals surface area (Å²) in [7, 11) is 0. The van der Waals surface area contributed by atoms with Gasteiger partial charge in [-0.05, 0) is 25.0 Å². The molecule has 1 atom stereocenters. The van der Waals surface area contributed by atoms with E-state index < -0.39 is 5.97 Å². The number of aromatic carboxylic acids is 1. The molecule has 1 heterocycles. The number of hydrogen-bond donors (Lipinski definition) is 1. The average Bonchev–Trinajstić information content (AvgIpc) is 2.83. The molecular weight excluding hydrogens is 244 g/mol. The van der Waals surface area contributed by atoms with Crippen molar-refractivity contribution in [2.75, 3.05) is 13.1 Å². The summed E-state index contributed by atoms with van der Waals surface area (Å²) in [6.07, 6.45) is 2.64. The number of nitrogens with zero attached hydrogens (tertiary/aromatic N) is 2. The van der Waals surface area contributed by atoms with Crippen LogP contribution in [-0.2, 0) is 11.3 Å². The molecule has 1 amide bonds. The van der Waals surface area contributed by atoms with E-state index in [-0.39, 0.29) is 18.1 Å². The highest BCUT2D eigenvalue weighted by Crippen LogP contribution is 2.07. The standard InChI is InChI=1S/C14H22N2O3/c1-4-11(3)9-15(5-2)13(17)10-16-8-6-7-12(16)14(18)19/h6-8,11H,4-5,9-10H2,1-3H3,(H,18,19). The van der Waals surface area contributed by atoms with Gasteiger partial charge >= 0.3 is 5.97 Å². The minimum absolute atomic E-state index is 0.0403. The van der Waals surface area contributed by atoms with E-state index in [1.54, 1.807) is 17.2 Å². The molecule has 0 saturated heterocycles. The fourth-order valence-corrected chi connectivity index (χ4v) is 1.90. The van der Waals surface area contributed by atoms with Crippen LogP contribution in [0, 0.1) is 5.92 Å². The van der Waals surface area contributed by atoms with E-state index >= 15 is 0 Å². The van der Waals surface area contributed by atoms with Crippen LogP contribution in [0.2, 0.25) is 0 Å². The fourth-order valence-electron chi connectivity index (χ4n) is 1.90. The molecule has 1 unspecified atom stereocenters. The predicted octanol–water partition coefficient (Wildman–Crippen LogP) is 2.08. The molecule has 5 nitrogen and oxygen atoms in total. The molecule has 0 aliphatic heterocycles. The highest BCUT2D eigenvalue weighted by atomic mass is 16.4. The third kappa shape index (κ3) is 4.12. The molecular formula is C14H22N2O3. The second-order valence-corrected chi connectivity index (χ2v) is 4.77. The second-order valence-electron chi connectivity index (χ2n) is 4.77. The van der Waals surface area contributed by atoms with Crippen LogP contribution in [0.3, 0.4) is 0 Å². The summed E-state index contributed by atoms with van der Waals surface area (Å²) in [6, 6.07) is 3.14. The summed E-state index contributed by atoms with van der Waals surface area (Å²) in [4.78, 5) is 24.9. The predicted molar refractivity (Wildman–Crippen MR) is 73.1 cm³/mol. The SMILES string of the molecule is CCC(C)CN(CC)C(=O)Cn1cccc1C(=O)O. The van der Waals surface area contributed by atoms with E-state index in [1.807, 2.05) is 6.92 Å². The molecule has 0 bridgehead atoms. The Morgan fingerprint density at radius 1 is 1.42 bits per heavy atom. The number of rotatable bonds is 7. The first-order valence-corrected chi connectivity index (χ1v) is 6.65. The highest BCUT2D eigenvalue weighted by molar-refractivity contribution is 5.86. The van der Waals surface area contributed by atoms with Gasteiger partial charge in [-0.3, -0.25) is 4.79 Å². The Balaban J connectivity index is 2.71. The Bertz CT molecular complexity index is 440. The zero-order valence-electron chi connectivity index (χ0n) is 11.8. The van der Waals surface area contributed by atoms with E-state index in [0.29, 0.717) is 12.5 Å². The summed E-state index contributed by atoms with van der Waals surface area (Å²) in [5.74, 6) is -0.600. The third-order valence-corrected chi connectivity index (χ3v) is 3.32. The van der Waals surface area contributed by atoms with Crippen LogP contribution in [0.5, 0.6) is 0 Å². The van der Waals surface area contributed by atoms with Crippen molar-refractivity contribution in [2.45, 2.75) is 33.7 Å². The Labute approximate surface area is 113 Å². The topological polar surface area (TPSA) is 62.5 Å². The largest absolute Gasteiger partial charge is 0.477 e. The lowest BCUT2D eigenvalue weighted by Gasteiger charge is -2.24. The Morgan fingerprint density at radius 3 is 2.63 bits per heavy atom. The minimum Gasteiger partial charge on any atom is -0.477 e. The minimum atomic E-state index is -1.01. The number of carboxylic acids is 1. The van der Waals surface area contributed by atoms with Crippen LogP contribution >= 0.6 is 0 Å². The zero-order valence-corrected chi connectivity index (χ0v) is 11.8. The molecule has 1 rings (SSSR count). The van der Waals surface area contributed by atoms with Crippen LogP contribution in [0.4, 0.5) is 0 Å². The summed E-state index contributed by atoms with van der Waals surface area (Å²) in [5.41, 5.74) is 0.146. The van der Waals surface area contributed by atoms with Crippen molar-refractivity contribution < 1.29 is 14.7 Å². The first-order chi connectivity index (χ1) is 8.99. The zero-order chi connectivity index (χ0) is 14.4. The summed E-state index contributed by atoms with van der Waals surface area (Å²) < 4.78 is 1.48. The summed E-state index contributed by atoms with van der Waals surface area (Å²) in [6.45, 7) is 7.58. The molecule has 0 aliphatic rings.